The van der Waals surface area contributed by atoms with Crippen LogP contribution in [0.5, 0.6) is 0 Å². The second-order valence-corrected chi connectivity index (χ2v) is 4.04. The highest BCUT2D eigenvalue weighted by Gasteiger charge is 2.15. The van der Waals surface area contributed by atoms with E-state index in [0.29, 0.717) is 6.61 Å². The van der Waals surface area contributed by atoms with Crippen molar-refractivity contribution in [3.63, 3.8) is 0 Å². The lowest BCUT2D eigenvalue weighted by Gasteiger charge is -2.18. The third-order valence-corrected chi connectivity index (χ3v) is 2.57. The highest BCUT2D eigenvalue weighted by molar-refractivity contribution is 5.24. The summed E-state index contributed by atoms with van der Waals surface area (Å²) in [4.78, 5) is 0. The normalized spacial score (nSPS) is 12.7. The Hall–Kier alpha value is -1.04. The third-order valence-electron chi connectivity index (χ3n) is 2.57. The molecule has 0 amide bonds. The summed E-state index contributed by atoms with van der Waals surface area (Å²) in [5.74, 6) is 5.58. The van der Waals surface area contributed by atoms with Gasteiger partial charge in [-0.25, -0.2) is 0 Å². The molecule has 0 radical (unpaired) electrons. The number of hydrogen-bond acceptors (Lipinski definition) is 5. The van der Waals surface area contributed by atoms with Gasteiger partial charge in [0.1, 0.15) is 0 Å². The molecular weight excluding hydrogens is 216 g/mol. The maximum Gasteiger partial charge on any atom is 0.0712 e. The van der Waals surface area contributed by atoms with Crippen molar-refractivity contribution in [3.05, 3.63) is 23.0 Å². The number of ether oxygens (including phenoxy) is 1. The van der Waals surface area contributed by atoms with E-state index in [0.717, 1.165) is 36.4 Å². The predicted octanol–water partition coefficient (Wildman–Crippen LogP) is 1.28. The zero-order valence-electron chi connectivity index (χ0n) is 10.9. The molecule has 96 valence electrons. The highest BCUT2D eigenvalue weighted by atomic mass is 16.5. The van der Waals surface area contributed by atoms with E-state index in [4.69, 9.17) is 10.6 Å². The predicted molar refractivity (Wildman–Crippen MR) is 67.3 cm³/mol. The molecule has 0 saturated heterocycles. The zero-order chi connectivity index (χ0) is 12.7. The van der Waals surface area contributed by atoms with Gasteiger partial charge >= 0.3 is 0 Å². The number of hydrazine groups is 1. The molecule has 0 bridgehead atoms. The molecular formula is C12H22N4O. The van der Waals surface area contributed by atoms with Crippen LogP contribution in [0, 0.1) is 6.92 Å². The number of hydrogen-bond donors (Lipinski definition) is 2. The van der Waals surface area contributed by atoms with E-state index in [2.05, 4.69) is 29.5 Å². The van der Waals surface area contributed by atoms with Crippen molar-refractivity contribution in [3.8, 4) is 0 Å². The number of aryl methyl sites for hydroxylation is 2. The smallest absolute Gasteiger partial charge is 0.0712 e. The van der Waals surface area contributed by atoms with E-state index in [9.17, 15) is 0 Å². The maximum absolute atomic E-state index is 5.58. The minimum atomic E-state index is -0.0225. The van der Waals surface area contributed by atoms with Crippen LogP contribution in [-0.2, 0) is 11.2 Å². The molecule has 0 aliphatic heterocycles. The first kappa shape index (κ1) is 14.0. The van der Waals surface area contributed by atoms with Gasteiger partial charge in [-0.3, -0.25) is 11.3 Å². The lowest BCUT2D eigenvalue weighted by atomic mass is 10.0. The van der Waals surface area contributed by atoms with Crippen LogP contribution in [0.1, 0.15) is 43.3 Å². The van der Waals surface area contributed by atoms with Crippen LogP contribution in [0.2, 0.25) is 0 Å². The SMILES string of the molecule is CCCOCC(NN)c1cc(C)nnc1CC. The van der Waals surface area contributed by atoms with Gasteiger partial charge in [0.25, 0.3) is 0 Å². The second kappa shape index (κ2) is 7.32. The fraction of sp³-hybridized carbons (Fsp3) is 0.667. The van der Waals surface area contributed by atoms with E-state index in [1.54, 1.807) is 0 Å². The molecule has 17 heavy (non-hydrogen) atoms. The molecule has 1 atom stereocenters. The molecule has 1 unspecified atom stereocenters. The molecule has 1 aromatic heterocycles. The monoisotopic (exact) mass is 238 g/mol. The van der Waals surface area contributed by atoms with Crippen molar-refractivity contribution >= 4 is 0 Å². The van der Waals surface area contributed by atoms with Gasteiger partial charge in [0.15, 0.2) is 0 Å². The Morgan fingerprint density at radius 1 is 1.41 bits per heavy atom. The van der Waals surface area contributed by atoms with Crippen LogP contribution in [0.4, 0.5) is 0 Å². The number of nitrogens with two attached hydrogens (primary N) is 1. The molecule has 5 nitrogen and oxygen atoms in total. The Bertz CT molecular complexity index is 343. The Balaban J connectivity index is 2.82. The number of rotatable bonds is 7. The Morgan fingerprint density at radius 2 is 2.18 bits per heavy atom. The van der Waals surface area contributed by atoms with Gasteiger partial charge in [-0.2, -0.15) is 10.2 Å². The van der Waals surface area contributed by atoms with Gasteiger partial charge in [-0.05, 0) is 31.4 Å². The number of aromatic nitrogens is 2. The highest BCUT2D eigenvalue weighted by Crippen LogP contribution is 2.17. The van der Waals surface area contributed by atoms with Crippen LogP contribution >= 0.6 is 0 Å². The van der Waals surface area contributed by atoms with Gasteiger partial charge < -0.3 is 4.74 Å². The molecule has 5 heteroatoms. The van der Waals surface area contributed by atoms with Gasteiger partial charge in [-0.15, -0.1) is 0 Å². The zero-order valence-corrected chi connectivity index (χ0v) is 10.9. The summed E-state index contributed by atoms with van der Waals surface area (Å²) >= 11 is 0. The van der Waals surface area contributed by atoms with Crippen LogP contribution in [0.3, 0.4) is 0 Å². The Labute approximate surface area is 103 Å². The molecule has 0 aromatic carbocycles. The van der Waals surface area contributed by atoms with Crippen LogP contribution < -0.4 is 11.3 Å². The molecule has 1 aromatic rings. The van der Waals surface area contributed by atoms with Crippen molar-refractivity contribution in [2.45, 2.75) is 39.7 Å². The largest absolute Gasteiger partial charge is 0.379 e. The number of nitrogens with one attached hydrogen (secondary N) is 1. The summed E-state index contributed by atoms with van der Waals surface area (Å²) in [6.07, 6.45) is 1.85. The fourth-order valence-corrected chi connectivity index (χ4v) is 1.68. The summed E-state index contributed by atoms with van der Waals surface area (Å²) in [5, 5.41) is 8.26. The minimum absolute atomic E-state index is 0.0225. The molecule has 1 rings (SSSR count). The van der Waals surface area contributed by atoms with E-state index in [1.165, 1.54) is 0 Å². The quantitative estimate of drug-likeness (QED) is 0.425. The second-order valence-electron chi connectivity index (χ2n) is 4.04. The van der Waals surface area contributed by atoms with E-state index < -0.39 is 0 Å². The average molecular weight is 238 g/mol. The minimum Gasteiger partial charge on any atom is -0.379 e. The van der Waals surface area contributed by atoms with Crippen molar-refractivity contribution < 1.29 is 4.74 Å². The maximum atomic E-state index is 5.58. The summed E-state index contributed by atoms with van der Waals surface area (Å²) < 4.78 is 5.54. The molecule has 0 saturated carbocycles. The summed E-state index contributed by atoms with van der Waals surface area (Å²) in [7, 11) is 0. The Kier molecular flexibility index (Phi) is 6.04. The standard InChI is InChI=1S/C12H22N4O/c1-4-6-17-8-12(14-13)10-7-9(3)15-16-11(10)5-2/h7,12,14H,4-6,8,13H2,1-3H3. The van der Waals surface area contributed by atoms with Gasteiger partial charge in [0, 0.05) is 6.61 Å². The first-order valence-electron chi connectivity index (χ1n) is 6.09. The lowest BCUT2D eigenvalue weighted by Crippen LogP contribution is -2.32. The summed E-state index contributed by atoms with van der Waals surface area (Å²) in [6, 6.07) is 2.00. The van der Waals surface area contributed by atoms with Gasteiger partial charge in [-0.1, -0.05) is 13.8 Å². The topological polar surface area (TPSA) is 73.1 Å². The van der Waals surface area contributed by atoms with E-state index in [1.807, 2.05) is 13.0 Å². The molecule has 0 fully saturated rings. The number of nitrogens with zero attached hydrogens (tertiary/aromatic N) is 2. The molecule has 1 heterocycles. The lowest BCUT2D eigenvalue weighted by molar-refractivity contribution is 0.111. The van der Waals surface area contributed by atoms with Gasteiger partial charge in [0.2, 0.25) is 0 Å². The average Bonchev–Trinajstić information content (AvgIpc) is 2.35. The van der Waals surface area contributed by atoms with E-state index >= 15 is 0 Å². The first-order chi connectivity index (χ1) is 8.22. The van der Waals surface area contributed by atoms with Crippen molar-refractivity contribution in [2.75, 3.05) is 13.2 Å². The molecule has 0 aliphatic carbocycles. The summed E-state index contributed by atoms with van der Waals surface area (Å²) in [6.45, 7) is 7.37. The van der Waals surface area contributed by atoms with Crippen molar-refractivity contribution in [1.82, 2.24) is 15.6 Å². The molecule has 3 N–H and O–H groups in total. The fourth-order valence-electron chi connectivity index (χ4n) is 1.68. The third kappa shape index (κ3) is 4.03. The van der Waals surface area contributed by atoms with Crippen molar-refractivity contribution in [2.24, 2.45) is 5.84 Å². The van der Waals surface area contributed by atoms with Crippen molar-refractivity contribution in [1.29, 1.82) is 0 Å². The van der Waals surface area contributed by atoms with E-state index in [-0.39, 0.29) is 6.04 Å². The van der Waals surface area contributed by atoms with Crippen LogP contribution in [0.25, 0.3) is 0 Å². The Morgan fingerprint density at radius 3 is 2.76 bits per heavy atom. The van der Waals surface area contributed by atoms with Crippen LogP contribution in [-0.4, -0.2) is 23.4 Å². The van der Waals surface area contributed by atoms with Gasteiger partial charge in [0.05, 0.1) is 24.0 Å². The summed E-state index contributed by atoms with van der Waals surface area (Å²) in [5.41, 5.74) is 5.74. The van der Waals surface area contributed by atoms with Crippen LogP contribution in [0.15, 0.2) is 6.07 Å². The first-order valence-corrected chi connectivity index (χ1v) is 6.09. The molecule has 0 aliphatic rings. The molecule has 0 spiro atoms.